The number of carbonyl (C=O) groups is 1. The Kier molecular flexibility index (Phi) is 4.15. The lowest BCUT2D eigenvalue weighted by molar-refractivity contribution is -0.121. The van der Waals surface area contributed by atoms with Crippen LogP contribution in [-0.2, 0) is 4.79 Å². The smallest absolute Gasteiger partial charge is 0.230 e. The number of hydrogen-bond acceptors (Lipinski definition) is 4. The highest BCUT2D eigenvalue weighted by atomic mass is 35.5. The van der Waals surface area contributed by atoms with E-state index in [0.717, 1.165) is 22.2 Å². The van der Waals surface area contributed by atoms with Crippen molar-refractivity contribution in [2.45, 2.75) is 12.3 Å². The van der Waals surface area contributed by atoms with Crippen molar-refractivity contribution in [1.82, 2.24) is 10.3 Å². The first-order valence-electron chi connectivity index (χ1n) is 7.86. The second kappa shape index (κ2) is 6.46. The van der Waals surface area contributed by atoms with Crippen LogP contribution in [0.3, 0.4) is 0 Å². The van der Waals surface area contributed by atoms with Crippen LogP contribution in [0.25, 0.3) is 10.2 Å². The van der Waals surface area contributed by atoms with Gasteiger partial charge in [0, 0.05) is 10.9 Å². The van der Waals surface area contributed by atoms with Crippen LogP contribution in [0.15, 0.2) is 53.5 Å². The highest BCUT2D eigenvalue weighted by Crippen LogP contribution is 2.47. The molecule has 0 radical (unpaired) electrons. The molecule has 1 saturated carbocycles. The number of para-hydroxylation sites is 1. The van der Waals surface area contributed by atoms with Crippen LogP contribution in [0, 0.1) is 5.92 Å². The summed E-state index contributed by atoms with van der Waals surface area (Å²) in [6.45, 7) is 0. The van der Waals surface area contributed by atoms with E-state index in [1.807, 2.05) is 48.5 Å². The molecular formula is C18H15ClN4OS. The molecule has 3 aromatic rings. The van der Waals surface area contributed by atoms with Crippen LogP contribution in [0.4, 0.5) is 5.13 Å². The average Bonchev–Trinajstić information content (AvgIpc) is 3.28. The summed E-state index contributed by atoms with van der Waals surface area (Å²) >= 11 is 7.44. The van der Waals surface area contributed by atoms with Gasteiger partial charge >= 0.3 is 0 Å². The van der Waals surface area contributed by atoms with Crippen molar-refractivity contribution >= 4 is 50.2 Å². The SMILES string of the molecule is NC(=Nc1nc2ccccc2s1)NC(=O)[C@H]1C[C@@H]1c1cccc(Cl)c1. The Balaban J connectivity index is 1.42. The molecule has 2 aromatic carbocycles. The van der Waals surface area contributed by atoms with E-state index in [2.05, 4.69) is 15.3 Å². The summed E-state index contributed by atoms with van der Waals surface area (Å²) in [6.07, 6.45) is 0.792. The first-order valence-corrected chi connectivity index (χ1v) is 9.05. The van der Waals surface area contributed by atoms with Crippen molar-refractivity contribution in [2.24, 2.45) is 16.6 Å². The minimum absolute atomic E-state index is 0.0702. The number of thiazole rings is 1. The highest BCUT2D eigenvalue weighted by molar-refractivity contribution is 7.22. The van der Waals surface area contributed by atoms with E-state index >= 15 is 0 Å². The summed E-state index contributed by atoms with van der Waals surface area (Å²) in [5.74, 6) is 0.0460. The largest absolute Gasteiger partial charge is 0.369 e. The average molecular weight is 371 g/mol. The van der Waals surface area contributed by atoms with Gasteiger partial charge in [-0.15, -0.1) is 0 Å². The molecule has 0 unspecified atom stereocenters. The van der Waals surface area contributed by atoms with Gasteiger partial charge in [-0.2, -0.15) is 4.99 Å². The predicted molar refractivity (Wildman–Crippen MR) is 101 cm³/mol. The molecule has 0 saturated heterocycles. The third kappa shape index (κ3) is 3.50. The Morgan fingerprint density at radius 2 is 2.12 bits per heavy atom. The molecule has 2 atom stereocenters. The van der Waals surface area contributed by atoms with E-state index < -0.39 is 0 Å². The molecule has 7 heteroatoms. The lowest BCUT2D eigenvalue weighted by atomic mass is 10.1. The van der Waals surface area contributed by atoms with Crippen molar-refractivity contribution in [3.8, 4) is 0 Å². The van der Waals surface area contributed by atoms with E-state index in [1.165, 1.54) is 11.3 Å². The van der Waals surface area contributed by atoms with Crippen molar-refractivity contribution < 1.29 is 4.79 Å². The summed E-state index contributed by atoms with van der Waals surface area (Å²) in [6, 6.07) is 15.4. The van der Waals surface area contributed by atoms with Crippen LogP contribution in [-0.4, -0.2) is 16.9 Å². The van der Waals surface area contributed by atoms with Gasteiger partial charge in [0.25, 0.3) is 0 Å². The van der Waals surface area contributed by atoms with Gasteiger partial charge in [-0.3, -0.25) is 10.1 Å². The first-order chi connectivity index (χ1) is 12.1. The van der Waals surface area contributed by atoms with Gasteiger partial charge in [0.15, 0.2) is 0 Å². The van der Waals surface area contributed by atoms with Crippen molar-refractivity contribution in [2.75, 3.05) is 0 Å². The third-order valence-electron chi connectivity index (χ3n) is 4.15. The molecule has 5 nitrogen and oxygen atoms in total. The molecular weight excluding hydrogens is 356 g/mol. The second-order valence-corrected chi connectivity index (χ2v) is 7.40. The van der Waals surface area contributed by atoms with E-state index in [9.17, 15) is 4.79 Å². The molecule has 0 spiro atoms. The monoisotopic (exact) mass is 370 g/mol. The van der Waals surface area contributed by atoms with Crippen molar-refractivity contribution in [3.63, 3.8) is 0 Å². The lowest BCUT2D eigenvalue weighted by Gasteiger charge is -2.04. The number of rotatable bonds is 3. The summed E-state index contributed by atoms with van der Waals surface area (Å²) in [4.78, 5) is 20.9. The number of hydrogen-bond donors (Lipinski definition) is 2. The molecule has 0 aliphatic heterocycles. The van der Waals surface area contributed by atoms with Gasteiger partial charge in [0.2, 0.25) is 17.0 Å². The third-order valence-corrected chi connectivity index (χ3v) is 5.32. The van der Waals surface area contributed by atoms with Gasteiger partial charge in [-0.05, 0) is 42.2 Å². The van der Waals surface area contributed by atoms with Gasteiger partial charge in [-0.25, -0.2) is 4.98 Å². The zero-order valence-electron chi connectivity index (χ0n) is 13.1. The summed E-state index contributed by atoms with van der Waals surface area (Å²) in [5, 5.41) is 3.88. The number of aliphatic imine (C=N–C) groups is 1. The van der Waals surface area contributed by atoms with E-state index in [0.29, 0.717) is 10.2 Å². The molecule has 1 heterocycles. The topological polar surface area (TPSA) is 80.4 Å². The van der Waals surface area contributed by atoms with E-state index in [-0.39, 0.29) is 23.7 Å². The zero-order chi connectivity index (χ0) is 17.4. The van der Waals surface area contributed by atoms with Gasteiger partial charge < -0.3 is 5.73 Å². The number of carbonyl (C=O) groups excluding carboxylic acids is 1. The number of benzene rings is 2. The molecule has 3 N–H and O–H groups in total. The molecule has 126 valence electrons. The van der Waals surface area contributed by atoms with Crippen LogP contribution < -0.4 is 11.1 Å². The fourth-order valence-corrected chi connectivity index (χ4v) is 3.90. The Hall–Kier alpha value is -2.44. The summed E-state index contributed by atoms with van der Waals surface area (Å²) in [7, 11) is 0. The lowest BCUT2D eigenvalue weighted by Crippen LogP contribution is -2.37. The number of halogens is 1. The molecule has 1 amide bonds. The number of nitrogens with two attached hydrogens (primary N) is 1. The van der Waals surface area contributed by atoms with E-state index in [4.69, 9.17) is 17.3 Å². The Morgan fingerprint density at radius 3 is 2.92 bits per heavy atom. The van der Waals surface area contributed by atoms with E-state index in [1.54, 1.807) is 0 Å². The Labute approximate surface area is 153 Å². The predicted octanol–water partition coefficient (Wildman–Crippen LogP) is 3.82. The quantitative estimate of drug-likeness (QED) is 0.543. The van der Waals surface area contributed by atoms with Crippen LogP contribution in [0.5, 0.6) is 0 Å². The maximum atomic E-state index is 12.3. The minimum Gasteiger partial charge on any atom is -0.369 e. The van der Waals surface area contributed by atoms with Crippen LogP contribution in [0.1, 0.15) is 17.9 Å². The highest BCUT2D eigenvalue weighted by Gasteiger charge is 2.44. The first kappa shape index (κ1) is 16.1. The molecule has 1 fully saturated rings. The number of nitrogens with zero attached hydrogens (tertiary/aromatic N) is 2. The molecule has 1 aliphatic rings. The summed E-state index contributed by atoms with van der Waals surface area (Å²) in [5.41, 5.74) is 7.81. The number of guanidine groups is 1. The van der Waals surface area contributed by atoms with Crippen LogP contribution in [0.2, 0.25) is 5.02 Å². The van der Waals surface area contributed by atoms with Crippen LogP contribution >= 0.6 is 22.9 Å². The van der Waals surface area contributed by atoms with Gasteiger partial charge in [0.1, 0.15) is 0 Å². The fourth-order valence-electron chi connectivity index (χ4n) is 2.85. The standard InChI is InChI=1S/C18H15ClN4OS/c19-11-5-3-4-10(8-11)12-9-13(12)16(24)22-17(20)23-18-21-14-6-1-2-7-15(14)25-18/h1-8,12-13H,9H2,(H3,20,21,22,23,24)/t12-,13+/m1/s1. The van der Waals surface area contributed by atoms with Crippen molar-refractivity contribution in [3.05, 3.63) is 59.1 Å². The number of nitrogens with one attached hydrogen (secondary N) is 1. The van der Waals surface area contributed by atoms with Gasteiger partial charge in [-0.1, -0.05) is 47.2 Å². The molecule has 4 rings (SSSR count). The molecule has 0 bridgehead atoms. The summed E-state index contributed by atoms with van der Waals surface area (Å²) < 4.78 is 1.03. The minimum atomic E-state index is -0.118. The number of amides is 1. The normalized spacial score (nSPS) is 19.8. The zero-order valence-corrected chi connectivity index (χ0v) is 14.7. The number of aromatic nitrogens is 1. The number of fused-ring (bicyclic) bond motifs is 1. The fraction of sp³-hybridized carbons (Fsp3) is 0.167. The van der Waals surface area contributed by atoms with Crippen molar-refractivity contribution in [1.29, 1.82) is 0 Å². The maximum absolute atomic E-state index is 12.3. The second-order valence-electron chi connectivity index (χ2n) is 5.95. The molecule has 25 heavy (non-hydrogen) atoms. The molecule has 1 aliphatic carbocycles. The Bertz CT molecular complexity index is 951. The van der Waals surface area contributed by atoms with Gasteiger partial charge in [0.05, 0.1) is 10.2 Å². The Morgan fingerprint density at radius 1 is 1.28 bits per heavy atom. The molecule has 1 aromatic heterocycles. The maximum Gasteiger partial charge on any atom is 0.230 e.